The summed E-state index contributed by atoms with van der Waals surface area (Å²) in [4.78, 5) is 5.92. The second-order valence-corrected chi connectivity index (χ2v) is 8.57. The van der Waals surface area contributed by atoms with Crippen LogP contribution in [0.2, 0.25) is 0 Å². The highest BCUT2D eigenvalue weighted by Crippen LogP contribution is 2.16. The molecule has 2 aromatic rings. The number of aliphatic imine (C=N–C) groups is 1. The normalized spacial score (nSPS) is 12.2. The smallest absolute Gasteiger partial charge is 0.191 e. The highest BCUT2D eigenvalue weighted by atomic mass is 32.2. The molecule has 0 fully saturated rings. The molecule has 5 nitrogen and oxygen atoms in total. The van der Waals surface area contributed by atoms with E-state index in [1.165, 1.54) is 11.1 Å². The van der Waals surface area contributed by atoms with E-state index in [-0.39, 0.29) is 0 Å². The Bertz CT molecular complexity index is 797. The van der Waals surface area contributed by atoms with E-state index in [1.807, 2.05) is 19.1 Å². The molecule has 0 spiro atoms. The van der Waals surface area contributed by atoms with Crippen LogP contribution < -0.4 is 10.6 Å². The van der Waals surface area contributed by atoms with Crippen LogP contribution in [0.15, 0.2) is 45.6 Å². The minimum Gasteiger partial charge on any atom is -0.356 e. The van der Waals surface area contributed by atoms with Gasteiger partial charge in [-0.2, -0.15) is 0 Å². The minimum atomic E-state index is -3.18. The van der Waals surface area contributed by atoms with E-state index in [9.17, 15) is 8.42 Å². The number of benzene rings is 1. The summed E-state index contributed by atoms with van der Waals surface area (Å²) in [6, 6.07) is 9.55. The van der Waals surface area contributed by atoms with Crippen LogP contribution in [-0.2, 0) is 22.8 Å². The van der Waals surface area contributed by atoms with Crippen molar-refractivity contribution in [3.63, 3.8) is 0 Å². The van der Waals surface area contributed by atoms with Crippen molar-refractivity contribution in [3.8, 4) is 0 Å². The van der Waals surface area contributed by atoms with Crippen molar-refractivity contribution in [2.75, 3.05) is 19.8 Å². The Balaban J connectivity index is 1.88. The molecular formula is C17H23N3O2S2. The maximum atomic E-state index is 11.6. The molecule has 0 atom stereocenters. The van der Waals surface area contributed by atoms with Crippen LogP contribution in [0, 0.1) is 6.92 Å². The van der Waals surface area contributed by atoms with Crippen LogP contribution in [-0.4, -0.2) is 34.2 Å². The molecule has 1 heterocycles. The predicted octanol–water partition coefficient (Wildman–Crippen LogP) is 2.37. The molecule has 0 saturated heterocycles. The average Bonchev–Trinajstić information content (AvgIpc) is 3.02. The Labute approximate surface area is 147 Å². The molecule has 0 aliphatic heterocycles. The Hall–Kier alpha value is -1.86. The van der Waals surface area contributed by atoms with Crippen LogP contribution in [0.5, 0.6) is 0 Å². The Kier molecular flexibility index (Phi) is 6.39. The number of aryl methyl sites for hydroxylation is 1. The lowest BCUT2D eigenvalue weighted by atomic mass is 10.1. The summed E-state index contributed by atoms with van der Waals surface area (Å²) in [5, 5.41) is 8.60. The molecule has 1 aromatic heterocycles. The van der Waals surface area contributed by atoms with E-state index in [4.69, 9.17) is 0 Å². The summed E-state index contributed by atoms with van der Waals surface area (Å²) in [5.41, 5.74) is 1.78. The number of rotatable bonds is 6. The SMILES string of the molecule is CN=C(NCCc1cccs1)NCc1ccc(S(C)(=O)=O)c(C)c1. The van der Waals surface area contributed by atoms with Crippen molar-refractivity contribution in [1.29, 1.82) is 0 Å². The van der Waals surface area contributed by atoms with Gasteiger partial charge >= 0.3 is 0 Å². The van der Waals surface area contributed by atoms with Crippen molar-refractivity contribution in [2.24, 2.45) is 4.99 Å². The summed E-state index contributed by atoms with van der Waals surface area (Å²) >= 11 is 1.75. The van der Waals surface area contributed by atoms with Gasteiger partial charge in [-0.1, -0.05) is 18.2 Å². The number of thiophene rings is 1. The van der Waals surface area contributed by atoms with Crippen molar-refractivity contribution < 1.29 is 8.42 Å². The van der Waals surface area contributed by atoms with Crippen molar-refractivity contribution >= 4 is 27.1 Å². The molecule has 0 radical (unpaired) electrons. The van der Waals surface area contributed by atoms with E-state index in [0.717, 1.165) is 30.1 Å². The summed E-state index contributed by atoms with van der Waals surface area (Å²) in [6.45, 7) is 3.21. The molecule has 0 unspecified atom stereocenters. The van der Waals surface area contributed by atoms with E-state index >= 15 is 0 Å². The van der Waals surface area contributed by atoms with Gasteiger partial charge < -0.3 is 10.6 Å². The first-order valence-electron chi connectivity index (χ1n) is 7.66. The van der Waals surface area contributed by atoms with Crippen LogP contribution in [0.3, 0.4) is 0 Å². The number of nitrogens with zero attached hydrogens (tertiary/aromatic N) is 1. The van der Waals surface area contributed by atoms with E-state index in [1.54, 1.807) is 24.5 Å². The minimum absolute atomic E-state index is 0.379. The zero-order valence-corrected chi connectivity index (χ0v) is 15.8. The fourth-order valence-electron chi connectivity index (χ4n) is 2.40. The summed E-state index contributed by atoms with van der Waals surface area (Å²) in [6.07, 6.45) is 2.19. The number of guanidine groups is 1. The van der Waals surface area contributed by atoms with Crippen LogP contribution in [0.4, 0.5) is 0 Å². The maximum Gasteiger partial charge on any atom is 0.191 e. The highest BCUT2D eigenvalue weighted by Gasteiger charge is 2.10. The number of nitrogens with one attached hydrogen (secondary N) is 2. The number of hydrogen-bond acceptors (Lipinski definition) is 4. The Morgan fingerprint density at radius 2 is 2.04 bits per heavy atom. The van der Waals surface area contributed by atoms with Crippen LogP contribution >= 0.6 is 11.3 Å². The highest BCUT2D eigenvalue weighted by molar-refractivity contribution is 7.90. The third kappa shape index (κ3) is 5.35. The molecule has 0 amide bonds. The average molecular weight is 366 g/mol. The molecule has 24 heavy (non-hydrogen) atoms. The lowest BCUT2D eigenvalue weighted by molar-refractivity contribution is 0.601. The lowest BCUT2D eigenvalue weighted by Gasteiger charge is -2.12. The predicted molar refractivity (Wildman–Crippen MR) is 101 cm³/mol. The largest absolute Gasteiger partial charge is 0.356 e. The van der Waals surface area contributed by atoms with Gasteiger partial charge in [-0.15, -0.1) is 11.3 Å². The van der Waals surface area contributed by atoms with E-state index < -0.39 is 9.84 Å². The first kappa shape index (κ1) is 18.5. The van der Waals surface area contributed by atoms with Gasteiger partial charge in [-0.05, 0) is 42.0 Å². The molecule has 0 aliphatic carbocycles. The quantitative estimate of drug-likeness (QED) is 0.609. The van der Waals surface area contributed by atoms with Gasteiger partial charge in [-0.3, -0.25) is 4.99 Å². The second kappa shape index (κ2) is 8.30. The monoisotopic (exact) mass is 365 g/mol. The summed E-state index contributed by atoms with van der Waals surface area (Å²) < 4.78 is 23.3. The van der Waals surface area contributed by atoms with Crippen LogP contribution in [0.25, 0.3) is 0 Å². The van der Waals surface area contributed by atoms with E-state index in [0.29, 0.717) is 11.4 Å². The number of hydrogen-bond donors (Lipinski definition) is 2. The van der Waals surface area contributed by atoms with Crippen LogP contribution in [0.1, 0.15) is 16.0 Å². The van der Waals surface area contributed by atoms with Crippen molar-refractivity contribution in [2.45, 2.75) is 24.8 Å². The molecule has 1 aromatic carbocycles. The molecule has 0 saturated carbocycles. The molecule has 2 N–H and O–H groups in total. The summed E-state index contributed by atoms with van der Waals surface area (Å²) in [7, 11) is -1.44. The molecular weight excluding hydrogens is 342 g/mol. The number of sulfone groups is 1. The fraction of sp³-hybridized carbons (Fsp3) is 0.353. The zero-order valence-electron chi connectivity index (χ0n) is 14.2. The third-order valence-electron chi connectivity index (χ3n) is 3.57. The maximum absolute atomic E-state index is 11.6. The molecule has 0 aliphatic rings. The van der Waals surface area contributed by atoms with Gasteiger partial charge in [0.05, 0.1) is 4.90 Å². The standard InChI is InChI=1S/C17H23N3O2S2/c1-13-11-14(6-7-16(13)24(3,21)22)12-20-17(18-2)19-9-8-15-5-4-10-23-15/h4-7,10-11H,8-9,12H2,1-3H3,(H2,18,19,20). The zero-order chi connectivity index (χ0) is 17.6. The molecule has 130 valence electrons. The van der Waals surface area contributed by atoms with Gasteiger partial charge in [0, 0.05) is 31.3 Å². The van der Waals surface area contributed by atoms with Gasteiger partial charge in [0.25, 0.3) is 0 Å². The van der Waals surface area contributed by atoms with Crippen molar-refractivity contribution in [3.05, 3.63) is 51.7 Å². The fourth-order valence-corrected chi connectivity index (χ4v) is 4.07. The lowest BCUT2D eigenvalue weighted by Crippen LogP contribution is -2.37. The first-order valence-corrected chi connectivity index (χ1v) is 10.4. The molecule has 2 rings (SSSR count). The van der Waals surface area contributed by atoms with Gasteiger partial charge in [0.1, 0.15) is 0 Å². The third-order valence-corrected chi connectivity index (χ3v) is 5.76. The molecule has 7 heteroatoms. The van der Waals surface area contributed by atoms with Gasteiger partial charge in [0.2, 0.25) is 0 Å². The topological polar surface area (TPSA) is 70.6 Å². The Morgan fingerprint density at radius 1 is 1.25 bits per heavy atom. The second-order valence-electron chi connectivity index (χ2n) is 5.55. The van der Waals surface area contributed by atoms with E-state index in [2.05, 4.69) is 33.1 Å². The summed E-state index contributed by atoms with van der Waals surface area (Å²) in [5.74, 6) is 0.733. The van der Waals surface area contributed by atoms with Crippen molar-refractivity contribution in [1.82, 2.24) is 10.6 Å². The first-order chi connectivity index (χ1) is 11.4. The Morgan fingerprint density at radius 3 is 2.62 bits per heavy atom. The molecule has 0 bridgehead atoms. The van der Waals surface area contributed by atoms with Gasteiger partial charge in [-0.25, -0.2) is 8.42 Å². The van der Waals surface area contributed by atoms with Gasteiger partial charge in [0.15, 0.2) is 15.8 Å².